The number of ether oxygens (including phenoxy) is 13. The topological polar surface area (TPSA) is 198 Å². The smallest absolute Gasteiger partial charge is 0.327 e. The Morgan fingerprint density at radius 2 is 0.438 bits per heavy atom. The van der Waals surface area contributed by atoms with Crippen molar-refractivity contribution in [2.45, 2.75) is 0 Å². The number of rotatable bonds is 41. The molecule has 0 atom stereocenters. The Kier molecular flexibility index (Phi) is 48.4. The van der Waals surface area contributed by atoms with E-state index in [1.165, 1.54) is 0 Å². The normalized spacial score (nSPS) is 11.0. The standard InChI is InChI=1S/C28H58O15.C3H4O2/c29-1-3-31-5-7-33-9-11-35-13-15-37-17-19-39-21-23-41-25-27-43-28-26-42-24-22-40-20-18-38-16-14-36-12-10-34-8-6-32-4-2-30;1-2-3(4)5/h29-30H,1-28H2;2H,1H2,(H,4,5). The average Bonchev–Trinajstić information content (AvgIpc) is 3.09. The first-order chi connectivity index (χ1) is 23.7. The molecule has 0 aliphatic rings. The second kappa shape index (κ2) is 47.7. The van der Waals surface area contributed by atoms with Crippen molar-refractivity contribution in [1.29, 1.82) is 0 Å². The third-order valence-electron chi connectivity index (χ3n) is 5.11. The molecule has 0 aromatic carbocycles. The van der Waals surface area contributed by atoms with E-state index in [-0.39, 0.29) is 13.2 Å². The van der Waals surface area contributed by atoms with E-state index < -0.39 is 5.97 Å². The first kappa shape index (κ1) is 48.7. The summed E-state index contributed by atoms with van der Waals surface area (Å²) in [7, 11) is 0. The highest BCUT2D eigenvalue weighted by Gasteiger charge is 1.97. The van der Waals surface area contributed by atoms with E-state index >= 15 is 0 Å². The van der Waals surface area contributed by atoms with Gasteiger partial charge in [-0.15, -0.1) is 0 Å². The summed E-state index contributed by atoms with van der Waals surface area (Å²) in [4.78, 5) is 9.25. The Bertz CT molecular complexity index is 563. The molecule has 48 heavy (non-hydrogen) atoms. The minimum Gasteiger partial charge on any atom is -0.478 e. The summed E-state index contributed by atoms with van der Waals surface area (Å²) in [6.07, 6.45) is 0.833. The highest BCUT2D eigenvalue weighted by atomic mass is 16.6. The molecular formula is C31H62O17. The molecule has 0 heterocycles. The summed E-state index contributed by atoms with van der Waals surface area (Å²) in [6, 6.07) is 0. The van der Waals surface area contributed by atoms with Crippen LogP contribution in [0, 0.1) is 0 Å². The fourth-order valence-corrected chi connectivity index (χ4v) is 2.87. The van der Waals surface area contributed by atoms with Gasteiger partial charge in [-0.1, -0.05) is 6.58 Å². The van der Waals surface area contributed by atoms with Crippen molar-refractivity contribution in [3.63, 3.8) is 0 Å². The van der Waals surface area contributed by atoms with E-state index in [2.05, 4.69) is 6.58 Å². The maximum Gasteiger partial charge on any atom is 0.327 e. The van der Waals surface area contributed by atoms with Crippen molar-refractivity contribution >= 4 is 5.97 Å². The van der Waals surface area contributed by atoms with Crippen LogP contribution in [0.3, 0.4) is 0 Å². The second-order valence-electron chi connectivity index (χ2n) is 8.95. The molecule has 0 aliphatic heterocycles. The van der Waals surface area contributed by atoms with Crippen LogP contribution in [0.15, 0.2) is 12.7 Å². The molecule has 0 aliphatic carbocycles. The molecule has 0 saturated heterocycles. The van der Waals surface area contributed by atoms with E-state index in [0.29, 0.717) is 172 Å². The van der Waals surface area contributed by atoms with Gasteiger partial charge in [0.25, 0.3) is 0 Å². The average molecular weight is 707 g/mol. The van der Waals surface area contributed by atoms with Crippen molar-refractivity contribution < 1.29 is 81.7 Å². The second-order valence-corrected chi connectivity index (χ2v) is 8.95. The summed E-state index contributed by atoms with van der Waals surface area (Å²) in [5.74, 6) is -0.981. The predicted molar refractivity (Wildman–Crippen MR) is 173 cm³/mol. The van der Waals surface area contributed by atoms with E-state index in [1.54, 1.807) is 0 Å². The highest BCUT2D eigenvalue weighted by molar-refractivity contribution is 5.78. The summed E-state index contributed by atoms with van der Waals surface area (Å²) in [6.45, 7) is 15.6. The Labute approximate surface area is 285 Å². The zero-order chi connectivity index (χ0) is 35.3. The summed E-state index contributed by atoms with van der Waals surface area (Å²) < 4.78 is 69.7. The van der Waals surface area contributed by atoms with Crippen molar-refractivity contribution in [1.82, 2.24) is 0 Å². The number of aliphatic hydroxyl groups is 2. The zero-order valence-electron chi connectivity index (χ0n) is 28.6. The Morgan fingerprint density at radius 3 is 0.521 bits per heavy atom. The summed E-state index contributed by atoms with van der Waals surface area (Å²) in [5, 5.41) is 24.7. The molecule has 288 valence electrons. The molecule has 0 rings (SSSR count). The van der Waals surface area contributed by atoms with Crippen LogP contribution in [0.4, 0.5) is 0 Å². The van der Waals surface area contributed by atoms with Gasteiger partial charge in [-0.2, -0.15) is 0 Å². The molecule has 17 heteroatoms. The van der Waals surface area contributed by atoms with Crippen LogP contribution in [0.5, 0.6) is 0 Å². The van der Waals surface area contributed by atoms with Crippen molar-refractivity contribution in [2.24, 2.45) is 0 Å². The SMILES string of the molecule is C=CC(=O)O.OCCOCCOCCOCCOCCOCCOCCOCCOCCOCCOCCOCCOCCOCCO. The highest BCUT2D eigenvalue weighted by Crippen LogP contribution is 1.87. The number of carboxylic acids is 1. The molecule has 0 aromatic heterocycles. The number of hydrogen-bond donors (Lipinski definition) is 3. The van der Waals surface area contributed by atoms with Gasteiger partial charge in [-0.25, -0.2) is 4.79 Å². The van der Waals surface area contributed by atoms with E-state index in [9.17, 15) is 4.79 Å². The van der Waals surface area contributed by atoms with Gasteiger partial charge in [0, 0.05) is 6.08 Å². The third kappa shape index (κ3) is 51.4. The third-order valence-corrected chi connectivity index (χ3v) is 5.11. The maximum absolute atomic E-state index is 9.25. The fraction of sp³-hybridized carbons (Fsp3) is 0.903. The van der Waals surface area contributed by atoms with E-state index in [1.807, 2.05) is 0 Å². The molecule has 0 radical (unpaired) electrons. The zero-order valence-corrected chi connectivity index (χ0v) is 28.6. The molecule has 0 aromatic rings. The van der Waals surface area contributed by atoms with Crippen LogP contribution in [0.2, 0.25) is 0 Å². The lowest BCUT2D eigenvalue weighted by Gasteiger charge is -2.09. The van der Waals surface area contributed by atoms with Crippen LogP contribution < -0.4 is 0 Å². The van der Waals surface area contributed by atoms with Crippen LogP contribution in [0.1, 0.15) is 0 Å². The Hall–Kier alpha value is -1.39. The molecule has 0 bridgehead atoms. The summed E-state index contributed by atoms with van der Waals surface area (Å²) >= 11 is 0. The molecule has 0 saturated carbocycles. The number of aliphatic carboxylic acids is 1. The van der Waals surface area contributed by atoms with Gasteiger partial charge in [0.1, 0.15) is 0 Å². The lowest BCUT2D eigenvalue weighted by Crippen LogP contribution is -2.15. The quantitative estimate of drug-likeness (QED) is 0.0540. The van der Waals surface area contributed by atoms with Gasteiger partial charge in [0.05, 0.1) is 185 Å². The molecule has 17 nitrogen and oxygen atoms in total. The first-order valence-electron chi connectivity index (χ1n) is 16.3. The Morgan fingerprint density at radius 1 is 0.333 bits per heavy atom. The van der Waals surface area contributed by atoms with Crippen LogP contribution in [0.25, 0.3) is 0 Å². The van der Waals surface area contributed by atoms with Crippen LogP contribution in [-0.2, 0) is 66.4 Å². The van der Waals surface area contributed by atoms with Crippen molar-refractivity contribution in [3.05, 3.63) is 12.7 Å². The number of carbonyl (C=O) groups is 1. The molecule has 0 amide bonds. The minimum atomic E-state index is -0.981. The van der Waals surface area contributed by atoms with E-state index in [0.717, 1.165) is 6.08 Å². The maximum atomic E-state index is 9.25. The lowest BCUT2D eigenvalue weighted by atomic mass is 10.6. The predicted octanol–water partition coefficient (Wildman–Crippen LogP) is -0.556. The summed E-state index contributed by atoms with van der Waals surface area (Å²) in [5.41, 5.74) is 0. The van der Waals surface area contributed by atoms with Gasteiger partial charge in [0.15, 0.2) is 0 Å². The monoisotopic (exact) mass is 706 g/mol. The number of carboxylic acid groups (broad SMARTS) is 1. The molecule has 3 N–H and O–H groups in total. The lowest BCUT2D eigenvalue weighted by molar-refractivity contribution is -0.131. The van der Waals surface area contributed by atoms with Crippen molar-refractivity contribution in [3.8, 4) is 0 Å². The van der Waals surface area contributed by atoms with Gasteiger partial charge < -0.3 is 76.9 Å². The van der Waals surface area contributed by atoms with Crippen molar-refractivity contribution in [2.75, 3.05) is 185 Å². The molecular weight excluding hydrogens is 644 g/mol. The molecule has 0 unspecified atom stereocenters. The molecule has 0 fully saturated rings. The van der Waals surface area contributed by atoms with Crippen LogP contribution >= 0.6 is 0 Å². The largest absolute Gasteiger partial charge is 0.478 e. The van der Waals surface area contributed by atoms with E-state index in [4.69, 9.17) is 76.9 Å². The van der Waals surface area contributed by atoms with Gasteiger partial charge in [0.2, 0.25) is 0 Å². The number of hydrogen-bond acceptors (Lipinski definition) is 16. The van der Waals surface area contributed by atoms with Gasteiger partial charge >= 0.3 is 5.97 Å². The fourth-order valence-electron chi connectivity index (χ4n) is 2.87. The Balaban J connectivity index is 0. The number of aliphatic hydroxyl groups excluding tert-OH is 2. The minimum absolute atomic E-state index is 0.0234. The first-order valence-corrected chi connectivity index (χ1v) is 16.3. The molecule has 0 spiro atoms. The van der Waals surface area contributed by atoms with Gasteiger partial charge in [-0.3, -0.25) is 0 Å². The van der Waals surface area contributed by atoms with Gasteiger partial charge in [-0.05, 0) is 0 Å². The van der Waals surface area contributed by atoms with Crippen LogP contribution in [-0.4, -0.2) is 206 Å².